The third-order valence-corrected chi connectivity index (χ3v) is 11.7. The number of cyclic esters (lactones) is 1. The Kier molecular flexibility index (Phi) is 8.97. The van der Waals surface area contributed by atoms with Gasteiger partial charge in [-0.15, -0.1) is 0 Å². The summed E-state index contributed by atoms with van der Waals surface area (Å²) in [5.74, 6) is 0.312. The number of ketones is 1. The molecule has 3 heterocycles. The lowest BCUT2D eigenvalue weighted by molar-refractivity contribution is -0.177. The Hall–Kier alpha value is -3.38. The molecular weight excluding hydrogens is 600 g/mol. The van der Waals surface area contributed by atoms with Crippen molar-refractivity contribution >= 4 is 35.6 Å². The lowest BCUT2D eigenvalue weighted by Gasteiger charge is -2.61. The van der Waals surface area contributed by atoms with E-state index in [0.717, 1.165) is 24.9 Å². The number of aromatic hydroxyl groups is 1. The van der Waals surface area contributed by atoms with Crippen molar-refractivity contribution in [1.82, 2.24) is 5.32 Å². The van der Waals surface area contributed by atoms with E-state index in [1.165, 1.54) is 0 Å². The molecule has 4 N–H and O–H groups in total. The molecule has 0 bridgehead atoms. The van der Waals surface area contributed by atoms with Gasteiger partial charge < -0.3 is 35.0 Å². The van der Waals surface area contributed by atoms with Crippen LogP contribution >= 0.6 is 0 Å². The summed E-state index contributed by atoms with van der Waals surface area (Å²) in [7, 11) is 3.78. The van der Waals surface area contributed by atoms with Gasteiger partial charge in [0, 0.05) is 49.1 Å². The van der Waals surface area contributed by atoms with Crippen LogP contribution in [0.25, 0.3) is 6.08 Å². The van der Waals surface area contributed by atoms with Gasteiger partial charge in [-0.25, -0.2) is 9.79 Å². The summed E-state index contributed by atoms with van der Waals surface area (Å²) in [6, 6.07) is 4.14. The molecule has 11 nitrogen and oxygen atoms in total. The molecule has 3 fully saturated rings. The van der Waals surface area contributed by atoms with E-state index in [9.17, 15) is 24.9 Å². The molecule has 47 heavy (non-hydrogen) atoms. The minimum absolute atomic E-state index is 0.0138. The number of amidine groups is 1. The normalized spacial score (nSPS) is 34.9. The number of hydrogen-bond donors (Lipinski definition) is 4. The predicted octanol–water partition coefficient (Wildman–Crippen LogP) is 3.42. The van der Waals surface area contributed by atoms with Crippen LogP contribution in [0.2, 0.25) is 0 Å². The molecule has 1 aromatic carbocycles. The summed E-state index contributed by atoms with van der Waals surface area (Å²) in [6.07, 6.45) is 7.99. The van der Waals surface area contributed by atoms with Crippen LogP contribution in [-0.2, 0) is 19.1 Å². The van der Waals surface area contributed by atoms with Crippen LogP contribution in [0.3, 0.4) is 0 Å². The molecule has 1 spiro atoms. The number of epoxide rings is 1. The fourth-order valence-corrected chi connectivity index (χ4v) is 8.78. The number of rotatable bonds is 11. The second kappa shape index (κ2) is 12.6. The molecule has 2 saturated carbocycles. The third kappa shape index (κ3) is 6.19. The molecule has 5 aliphatic rings. The average molecular weight is 649 g/mol. The maximum atomic E-state index is 13.6. The number of nitrogens with zero attached hydrogens (tertiary/aromatic N) is 3. The van der Waals surface area contributed by atoms with Gasteiger partial charge in [-0.05, 0) is 80.6 Å². The number of aliphatic hydroxyl groups excluding tert-OH is 2. The van der Waals surface area contributed by atoms with Crippen molar-refractivity contribution in [2.75, 3.05) is 38.8 Å². The van der Waals surface area contributed by atoms with Crippen molar-refractivity contribution in [3.63, 3.8) is 0 Å². The van der Waals surface area contributed by atoms with Crippen LogP contribution in [0.15, 0.2) is 45.6 Å². The Morgan fingerprint density at radius 2 is 2.00 bits per heavy atom. The van der Waals surface area contributed by atoms with Crippen LogP contribution in [0, 0.1) is 22.7 Å². The maximum absolute atomic E-state index is 13.6. The van der Waals surface area contributed by atoms with E-state index in [0.29, 0.717) is 48.7 Å². The highest BCUT2D eigenvalue weighted by molar-refractivity contribution is 6.07. The van der Waals surface area contributed by atoms with Crippen molar-refractivity contribution < 1.29 is 34.4 Å². The molecule has 1 aromatic rings. The van der Waals surface area contributed by atoms with E-state index >= 15 is 0 Å². The largest absolute Gasteiger partial charge is 0.507 e. The number of esters is 1. The van der Waals surface area contributed by atoms with E-state index < -0.39 is 29.6 Å². The van der Waals surface area contributed by atoms with Crippen LogP contribution < -0.4 is 10.2 Å². The summed E-state index contributed by atoms with van der Waals surface area (Å²) in [5.41, 5.74) is 0.462. The first-order valence-corrected chi connectivity index (χ1v) is 16.7. The van der Waals surface area contributed by atoms with Gasteiger partial charge in [0.15, 0.2) is 5.78 Å². The zero-order valence-electron chi connectivity index (χ0n) is 28.0. The topological polar surface area (TPSA) is 157 Å². The second-order valence-corrected chi connectivity index (χ2v) is 14.8. The van der Waals surface area contributed by atoms with Crippen molar-refractivity contribution in [2.45, 2.75) is 83.1 Å². The third-order valence-electron chi connectivity index (χ3n) is 11.7. The first kappa shape index (κ1) is 33.5. The smallest absolute Gasteiger partial charge is 0.341 e. The Morgan fingerprint density at radius 3 is 2.64 bits per heavy atom. The number of anilines is 1. The second-order valence-electron chi connectivity index (χ2n) is 14.8. The van der Waals surface area contributed by atoms with Crippen molar-refractivity contribution in [2.24, 2.45) is 32.7 Å². The summed E-state index contributed by atoms with van der Waals surface area (Å²) in [6.45, 7) is 7.02. The molecule has 8 atom stereocenters. The highest BCUT2D eigenvalue weighted by Crippen LogP contribution is 2.66. The van der Waals surface area contributed by atoms with Gasteiger partial charge in [-0.2, -0.15) is 0 Å². The quantitative estimate of drug-likeness (QED) is 0.209. The van der Waals surface area contributed by atoms with Crippen LogP contribution in [0.4, 0.5) is 5.69 Å². The molecular formula is C36H48N4O7. The number of phenolic OH excluding ortho intramolecular Hbond substituents is 1. The molecule has 1 saturated heterocycles. The van der Waals surface area contributed by atoms with E-state index in [4.69, 9.17) is 9.47 Å². The summed E-state index contributed by atoms with van der Waals surface area (Å²) in [4.78, 5) is 37.3. The van der Waals surface area contributed by atoms with Gasteiger partial charge in [0.25, 0.3) is 0 Å². The minimum atomic E-state index is -0.651. The average Bonchev–Trinajstić information content (AvgIpc) is 3.42. The number of ether oxygens (including phenoxy) is 2. The Balaban J connectivity index is 1.34. The number of fused-ring (bicyclic) bond motifs is 1. The SMILES string of the molecule is CC(NC(CC1C2(CCC3[C@]1(C)CC[C@@H](O)[C@@]3(C)CO)CO2)C1=C/C(=C\c2ccc(N(C)C)cc2O)OC1=O)C(=O)CC1=NCC=N1. The number of nitrogens with one attached hydrogen (secondary N) is 1. The van der Waals surface area contributed by atoms with Gasteiger partial charge >= 0.3 is 5.97 Å². The van der Waals surface area contributed by atoms with Crippen LogP contribution in [-0.4, -0.2) is 96.8 Å². The standard InChI is InChI=1S/C36H48N4O7/c1-21(27(42)18-32-37-12-13-38-32)39-26(25-16-24(47-33(25)45)14-22-6-7-23(40(4)5)15-28(22)43)17-30-34(2)10-9-31(44)35(3,19-41)29(34)8-11-36(30)20-46-36/h6-7,12,14-16,21,26,29-31,39,41,43-44H,8-11,13,17-20H2,1-5H3/b24-14+/t21?,26?,29?,30?,31-,34+,35+,36?/m1/s1. The summed E-state index contributed by atoms with van der Waals surface area (Å²) < 4.78 is 12.0. The zero-order chi connectivity index (χ0) is 33.7. The summed E-state index contributed by atoms with van der Waals surface area (Å²) in [5, 5.41) is 35.8. The lowest BCUT2D eigenvalue weighted by atomic mass is 9.44. The maximum Gasteiger partial charge on any atom is 0.341 e. The highest BCUT2D eigenvalue weighted by atomic mass is 16.6. The van der Waals surface area contributed by atoms with E-state index in [2.05, 4.69) is 22.2 Å². The fraction of sp³-hybridized carbons (Fsp3) is 0.611. The fourth-order valence-electron chi connectivity index (χ4n) is 8.78. The van der Waals surface area contributed by atoms with E-state index in [-0.39, 0.29) is 47.4 Å². The monoisotopic (exact) mass is 648 g/mol. The van der Waals surface area contributed by atoms with E-state index in [1.54, 1.807) is 37.4 Å². The number of aliphatic hydroxyl groups is 2. The molecule has 0 aromatic heterocycles. The van der Waals surface area contributed by atoms with E-state index in [1.807, 2.05) is 32.0 Å². The van der Waals surface area contributed by atoms with Crippen molar-refractivity contribution in [3.8, 4) is 5.75 Å². The first-order chi connectivity index (χ1) is 22.3. The molecule has 6 rings (SSSR count). The highest BCUT2D eigenvalue weighted by Gasteiger charge is 2.67. The zero-order valence-corrected chi connectivity index (χ0v) is 28.0. The van der Waals surface area contributed by atoms with Gasteiger partial charge in [-0.1, -0.05) is 13.8 Å². The van der Waals surface area contributed by atoms with Gasteiger partial charge in [0.2, 0.25) is 0 Å². The van der Waals surface area contributed by atoms with Crippen molar-refractivity contribution in [3.05, 3.63) is 41.2 Å². The minimum Gasteiger partial charge on any atom is -0.507 e. The number of carbonyl (C=O) groups is 2. The summed E-state index contributed by atoms with van der Waals surface area (Å²) >= 11 is 0. The van der Waals surface area contributed by atoms with Crippen LogP contribution in [0.1, 0.15) is 64.9 Å². The Labute approximate surface area is 276 Å². The molecule has 254 valence electrons. The van der Waals surface area contributed by atoms with Crippen LogP contribution in [0.5, 0.6) is 5.75 Å². The number of Topliss-reactive ketones (excluding diaryl/α,β-unsaturated/α-hetero) is 1. The number of phenols is 1. The number of aliphatic imine (C=N–C) groups is 2. The first-order valence-electron chi connectivity index (χ1n) is 16.7. The number of carbonyl (C=O) groups excluding carboxylic acids is 2. The molecule has 2 aliphatic carbocycles. The Bertz CT molecular complexity index is 1550. The van der Waals surface area contributed by atoms with Gasteiger partial charge in [0.1, 0.15) is 17.3 Å². The predicted molar refractivity (Wildman–Crippen MR) is 179 cm³/mol. The van der Waals surface area contributed by atoms with Gasteiger partial charge in [0.05, 0.1) is 49.5 Å². The lowest BCUT2D eigenvalue weighted by Crippen LogP contribution is -2.61. The molecule has 11 heteroatoms. The Morgan fingerprint density at radius 1 is 1.23 bits per heavy atom. The number of hydrogen-bond acceptors (Lipinski definition) is 11. The molecule has 5 unspecified atom stereocenters. The van der Waals surface area contributed by atoms with Crippen molar-refractivity contribution in [1.29, 1.82) is 0 Å². The number of benzene rings is 1. The molecule has 0 amide bonds. The molecule has 3 aliphatic heterocycles. The molecule has 0 radical (unpaired) electrons. The van der Waals surface area contributed by atoms with Gasteiger partial charge in [-0.3, -0.25) is 9.79 Å². The number of allylic oxidation sites excluding steroid dienone is 1.